The largest absolute Gasteiger partial charge is 0.427 e. The van der Waals surface area contributed by atoms with Crippen molar-refractivity contribution in [2.45, 2.75) is 39.5 Å². The Morgan fingerprint density at radius 3 is 2.74 bits per heavy atom. The molecular formula is C15H21NO3. The molecule has 0 aliphatic heterocycles. The third kappa shape index (κ3) is 6.60. The van der Waals surface area contributed by atoms with Crippen molar-refractivity contribution in [1.29, 1.82) is 0 Å². The van der Waals surface area contributed by atoms with Crippen molar-refractivity contribution >= 4 is 11.9 Å². The Bertz CT molecular complexity index is 429. The highest BCUT2D eigenvalue weighted by Gasteiger charge is 2.07. The molecule has 0 saturated heterocycles. The summed E-state index contributed by atoms with van der Waals surface area (Å²) in [6.07, 6.45) is 2.05. The first kappa shape index (κ1) is 15.2. The van der Waals surface area contributed by atoms with Crippen LogP contribution >= 0.6 is 0 Å². The van der Waals surface area contributed by atoms with Crippen LogP contribution in [0.3, 0.4) is 0 Å². The number of esters is 1. The fourth-order valence-corrected chi connectivity index (χ4v) is 1.61. The predicted octanol–water partition coefficient (Wildman–Crippen LogP) is 2.60. The molecule has 1 N–H and O–H groups in total. The molecule has 1 amide bonds. The quantitative estimate of drug-likeness (QED) is 0.607. The van der Waals surface area contributed by atoms with Gasteiger partial charge in [-0.1, -0.05) is 19.1 Å². The maximum Gasteiger partial charge on any atom is 0.311 e. The molecule has 1 aromatic carbocycles. The number of rotatable bonds is 7. The number of hydrogen-bond donors (Lipinski definition) is 1. The average molecular weight is 263 g/mol. The Hall–Kier alpha value is -1.84. The van der Waals surface area contributed by atoms with Crippen molar-refractivity contribution in [2.75, 3.05) is 6.54 Å². The van der Waals surface area contributed by atoms with Gasteiger partial charge in [-0.15, -0.1) is 0 Å². The van der Waals surface area contributed by atoms with E-state index < -0.39 is 0 Å². The summed E-state index contributed by atoms with van der Waals surface area (Å²) in [7, 11) is 0. The number of amides is 1. The minimum absolute atomic E-state index is 0.00907. The van der Waals surface area contributed by atoms with Crippen LogP contribution in [-0.2, 0) is 9.59 Å². The monoisotopic (exact) mass is 263 g/mol. The maximum absolute atomic E-state index is 11.6. The molecule has 0 fully saturated rings. The van der Waals surface area contributed by atoms with Crippen LogP contribution in [0.4, 0.5) is 0 Å². The van der Waals surface area contributed by atoms with Crippen molar-refractivity contribution < 1.29 is 14.3 Å². The van der Waals surface area contributed by atoms with Gasteiger partial charge in [0.15, 0.2) is 0 Å². The van der Waals surface area contributed by atoms with Crippen LogP contribution in [0.25, 0.3) is 0 Å². The fourth-order valence-electron chi connectivity index (χ4n) is 1.61. The van der Waals surface area contributed by atoms with Crippen LogP contribution in [-0.4, -0.2) is 18.4 Å². The lowest BCUT2D eigenvalue weighted by molar-refractivity contribution is -0.134. The van der Waals surface area contributed by atoms with E-state index in [0.29, 0.717) is 25.1 Å². The van der Waals surface area contributed by atoms with Gasteiger partial charge in [-0.2, -0.15) is 0 Å². The molecule has 19 heavy (non-hydrogen) atoms. The van der Waals surface area contributed by atoms with Gasteiger partial charge >= 0.3 is 5.97 Å². The van der Waals surface area contributed by atoms with Crippen molar-refractivity contribution in [3.05, 3.63) is 29.8 Å². The molecule has 1 aromatic rings. The highest BCUT2D eigenvalue weighted by molar-refractivity contribution is 5.77. The number of hydrogen-bond acceptors (Lipinski definition) is 3. The predicted molar refractivity (Wildman–Crippen MR) is 74.0 cm³/mol. The summed E-state index contributed by atoms with van der Waals surface area (Å²) in [5.41, 5.74) is 1.05. The maximum atomic E-state index is 11.6. The molecule has 0 bridgehead atoms. The minimum Gasteiger partial charge on any atom is -0.427 e. The van der Waals surface area contributed by atoms with Gasteiger partial charge in [-0.3, -0.25) is 9.59 Å². The first-order valence-electron chi connectivity index (χ1n) is 6.66. The molecule has 1 rings (SSSR count). The highest BCUT2D eigenvalue weighted by atomic mass is 16.5. The van der Waals surface area contributed by atoms with E-state index in [0.717, 1.165) is 12.0 Å². The molecule has 0 saturated carbocycles. The summed E-state index contributed by atoms with van der Waals surface area (Å²) in [4.78, 5) is 22.9. The normalized spacial score (nSPS) is 10.0. The van der Waals surface area contributed by atoms with Crippen molar-refractivity contribution in [3.8, 4) is 5.75 Å². The van der Waals surface area contributed by atoms with Gasteiger partial charge < -0.3 is 10.1 Å². The zero-order valence-electron chi connectivity index (χ0n) is 11.6. The standard InChI is InChI=1S/C15H21NO3/c1-3-10-16-14(17)8-5-9-15(18)19-13-7-4-6-12(2)11-13/h4,6-7,11H,3,5,8-10H2,1-2H3,(H,16,17). The van der Waals surface area contributed by atoms with Crippen LogP contribution < -0.4 is 10.1 Å². The third-order valence-electron chi connectivity index (χ3n) is 2.58. The summed E-state index contributed by atoms with van der Waals surface area (Å²) in [5, 5.41) is 2.77. The smallest absolute Gasteiger partial charge is 0.311 e. The Labute approximate surface area is 114 Å². The Morgan fingerprint density at radius 1 is 1.26 bits per heavy atom. The first-order chi connectivity index (χ1) is 9.11. The van der Waals surface area contributed by atoms with Crippen LogP contribution in [0.1, 0.15) is 38.2 Å². The van der Waals surface area contributed by atoms with Crippen LogP contribution in [0.5, 0.6) is 5.75 Å². The number of aryl methyl sites for hydroxylation is 1. The summed E-state index contributed by atoms with van der Waals surface area (Å²) in [6, 6.07) is 7.34. The topological polar surface area (TPSA) is 55.4 Å². The van der Waals surface area contributed by atoms with Gasteiger partial charge in [0.25, 0.3) is 0 Å². The van der Waals surface area contributed by atoms with E-state index in [1.165, 1.54) is 0 Å². The summed E-state index contributed by atoms with van der Waals surface area (Å²) >= 11 is 0. The summed E-state index contributed by atoms with van der Waals surface area (Å²) < 4.78 is 5.19. The van der Waals surface area contributed by atoms with Gasteiger partial charge in [0.1, 0.15) is 5.75 Å². The number of carbonyl (C=O) groups excluding carboxylic acids is 2. The van der Waals surface area contributed by atoms with E-state index in [1.54, 1.807) is 6.07 Å². The molecule has 0 radical (unpaired) electrons. The molecular weight excluding hydrogens is 242 g/mol. The van der Waals surface area contributed by atoms with E-state index in [4.69, 9.17) is 4.74 Å². The van der Waals surface area contributed by atoms with Gasteiger partial charge in [-0.05, 0) is 37.5 Å². The average Bonchev–Trinajstić information content (AvgIpc) is 2.36. The second-order valence-electron chi connectivity index (χ2n) is 4.49. The third-order valence-corrected chi connectivity index (χ3v) is 2.58. The zero-order valence-corrected chi connectivity index (χ0v) is 11.6. The molecule has 0 aliphatic rings. The molecule has 0 spiro atoms. The summed E-state index contributed by atoms with van der Waals surface area (Å²) in [5.74, 6) is 0.250. The van der Waals surface area contributed by atoms with E-state index in [1.807, 2.05) is 32.0 Å². The molecule has 0 atom stereocenters. The number of benzene rings is 1. The van der Waals surface area contributed by atoms with Crippen molar-refractivity contribution in [1.82, 2.24) is 5.32 Å². The SMILES string of the molecule is CCCNC(=O)CCCC(=O)Oc1cccc(C)c1. The van der Waals surface area contributed by atoms with Crippen molar-refractivity contribution in [2.24, 2.45) is 0 Å². The number of carbonyl (C=O) groups is 2. The highest BCUT2D eigenvalue weighted by Crippen LogP contribution is 2.13. The molecule has 4 heteroatoms. The van der Waals surface area contributed by atoms with E-state index in [9.17, 15) is 9.59 Å². The molecule has 104 valence electrons. The van der Waals surface area contributed by atoms with Gasteiger partial charge in [0.2, 0.25) is 5.91 Å². The van der Waals surface area contributed by atoms with E-state index in [-0.39, 0.29) is 18.3 Å². The molecule has 0 aliphatic carbocycles. The van der Waals surface area contributed by atoms with E-state index >= 15 is 0 Å². The number of nitrogens with one attached hydrogen (secondary N) is 1. The lowest BCUT2D eigenvalue weighted by Gasteiger charge is -2.05. The lowest BCUT2D eigenvalue weighted by Crippen LogP contribution is -2.23. The first-order valence-corrected chi connectivity index (χ1v) is 6.66. The fraction of sp³-hybridized carbons (Fsp3) is 0.467. The second kappa shape index (κ2) is 8.29. The van der Waals surface area contributed by atoms with Gasteiger partial charge in [-0.25, -0.2) is 0 Å². The zero-order chi connectivity index (χ0) is 14.1. The molecule has 4 nitrogen and oxygen atoms in total. The second-order valence-corrected chi connectivity index (χ2v) is 4.49. The lowest BCUT2D eigenvalue weighted by atomic mass is 10.2. The van der Waals surface area contributed by atoms with Crippen LogP contribution in [0, 0.1) is 6.92 Å². The Balaban J connectivity index is 2.23. The van der Waals surface area contributed by atoms with E-state index in [2.05, 4.69) is 5.32 Å². The van der Waals surface area contributed by atoms with Gasteiger partial charge in [0, 0.05) is 19.4 Å². The van der Waals surface area contributed by atoms with Gasteiger partial charge in [0.05, 0.1) is 0 Å². The van der Waals surface area contributed by atoms with Crippen molar-refractivity contribution in [3.63, 3.8) is 0 Å². The molecule has 0 heterocycles. The Morgan fingerprint density at radius 2 is 2.05 bits per heavy atom. The van der Waals surface area contributed by atoms with Crippen LogP contribution in [0.2, 0.25) is 0 Å². The molecule has 0 unspecified atom stereocenters. The molecule has 0 aromatic heterocycles. The Kier molecular flexibility index (Phi) is 6.64. The van der Waals surface area contributed by atoms with Crippen LogP contribution in [0.15, 0.2) is 24.3 Å². The summed E-state index contributed by atoms with van der Waals surface area (Å²) in [6.45, 7) is 4.63. The minimum atomic E-state index is -0.297. The number of ether oxygens (including phenoxy) is 1.